The first kappa shape index (κ1) is 13.8. The zero-order chi connectivity index (χ0) is 15.9. The molecule has 3 rings (SSSR count). The molecule has 0 aliphatic heterocycles. The van der Waals surface area contributed by atoms with Crippen LogP contribution in [0.2, 0.25) is 0 Å². The van der Waals surface area contributed by atoms with E-state index in [1.54, 1.807) is 12.1 Å². The first-order chi connectivity index (χ1) is 10.5. The minimum Gasteiger partial charge on any atom is -0.507 e. The second kappa shape index (κ2) is 5.00. The van der Waals surface area contributed by atoms with Gasteiger partial charge < -0.3 is 24.5 Å². The average molecular weight is 300 g/mol. The summed E-state index contributed by atoms with van der Waals surface area (Å²) in [6, 6.07) is 8.67. The number of aromatic hydroxyl groups is 3. The van der Waals surface area contributed by atoms with Crippen LogP contribution in [0.25, 0.3) is 22.3 Å². The second-order valence-electron chi connectivity index (χ2n) is 4.65. The van der Waals surface area contributed by atoms with Crippen LogP contribution in [0.5, 0.6) is 23.0 Å². The van der Waals surface area contributed by atoms with Crippen molar-refractivity contribution < 1.29 is 24.5 Å². The van der Waals surface area contributed by atoms with E-state index in [-0.39, 0.29) is 39.5 Å². The van der Waals surface area contributed by atoms with Gasteiger partial charge in [0.15, 0.2) is 17.3 Å². The van der Waals surface area contributed by atoms with Crippen molar-refractivity contribution in [3.05, 3.63) is 46.6 Å². The highest BCUT2D eigenvalue weighted by Gasteiger charge is 2.19. The van der Waals surface area contributed by atoms with E-state index < -0.39 is 11.2 Å². The Labute approximate surface area is 124 Å². The third-order valence-corrected chi connectivity index (χ3v) is 3.32. The molecule has 1 heterocycles. The number of para-hydroxylation sites is 1. The molecule has 3 N–H and O–H groups in total. The fourth-order valence-corrected chi connectivity index (χ4v) is 2.21. The number of rotatable bonds is 2. The highest BCUT2D eigenvalue weighted by molar-refractivity contribution is 5.85. The van der Waals surface area contributed by atoms with Gasteiger partial charge in [0.05, 0.1) is 18.1 Å². The molecular weight excluding hydrogens is 288 g/mol. The second-order valence-corrected chi connectivity index (χ2v) is 4.65. The lowest BCUT2D eigenvalue weighted by molar-refractivity contribution is 0.373. The number of ether oxygens (including phenoxy) is 1. The van der Waals surface area contributed by atoms with Crippen molar-refractivity contribution in [3.63, 3.8) is 0 Å². The van der Waals surface area contributed by atoms with E-state index >= 15 is 0 Å². The Bertz CT molecular complexity index is 926. The fourth-order valence-electron chi connectivity index (χ4n) is 2.21. The largest absolute Gasteiger partial charge is 0.507 e. The van der Waals surface area contributed by atoms with Crippen molar-refractivity contribution >= 4 is 11.0 Å². The maximum Gasteiger partial charge on any atom is 0.235 e. The van der Waals surface area contributed by atoms with Crippen molar-refractivity contribution in [1.82, 2.24) is 0 Å². The molecule has 0 amide bonds. The van der Waals surface area contributed by atoms with Gasteiger partial charge in [0.2, 0.25) is 11.2 Å². The van der Waals surface area contributed by atoms with Crippen molar-refractivity contribution in [2.45, 2.75) is 0 Å². The van der Waals surface area contributed by atoms with Gasteiger partial charge in [-0.15, -0.1) is 0 Å². The Hall–Kier alpha value is -3.15. The summed E-state index contributed by atoms with van der Waals surface area (Å²) in [5.74, 6) is -1.03. The van der Waals surface area contributed by atoms with E-state index in [4.69, 9.17) is 9.15 Å². The summed E-state index contributed by atoms with van der Waals surface area (Å²) in [6.07, 6.45) is 0. The smallest absolute Gasteiger partial charge is 0.235 e. The van der Waals surface area contributed by atoms with Crippen LogP contribution < -0.4 is 10.2 Å². The standard InChI is InChI=1S/C16H12O6/c1-21-13-7-12-9(6-11(13)18)14(19)15(20)16(22-12)8-4-2-3-5-10(8)17/h2-7,17-18,20H,1H3. The highest BCUT2D eigenvalue weighted by atomic mass is 16.5. The molecule has 6 heteroatoms. The maximum atomic E-state index is 12.2. The van der Waals surface area contributed by atoms with E-state index in [1.807, 2.05) is 0 Å². The summed E-state index contributed by atoms with van der Waals surface area (Å²) in [5, 5.41) is 29.7. The number of hydrogen-bond acceptors (Lipinski definition) is 6. The molecule has 0 fully saturated rings. The molecule has 0 spiro atoms. The van der Waals surface area contributed by atoms with Crippen LogP contribution in [0.3, 0.4) is 0 Å². The Morgan fingerprint density at radius 1 is 1.05 bits per heavy atom. The first-order valence-corrected chi connectivity index (χ1v) is 6.38. The third-order valence-electron chi connectivity index (χ3n) is 3.32. The topological polar surface area (TPSA) is 100 Å². The molecule has 22 heavy (non-hydrogen) atoms. The minimum atomic E-state index is -0.711. The molecule has 0 aliphatic carbocycles. The van der Waals surface area contributed by atoms with Gasteiger partial charge in [-0.1, -0.05) is 12.1 Å². The van der Waals surface area contributed by atoms with E-state index in [0.29, 0.717) is 0 Å². The lowest BCUT2D eigenvalue weighted by Gasteiger charge is -2.09. The molecule has 0 atom stereocenters. The molecule has 0 aliphatic rings. The normalized spacial score (nSPS) is 10.8. The number of fused-ring (bicyclic) bond motifs is 1. The van der Waals surface area contributed by atoms with E-state index in [1.165, 1.54) is 25.3 Å². The van der Waals surface area contributed by atoms with Crippen molar-refractivity contribution in [2.24, 2.45) is 0 Å². The monoisotopic (exact) mass is 300 g/mol. The third kappa shape index (κ3) is 2.01. The number of phenolic OH excluding ortho intramolecular Hbond substituents is 2. The number of benzene rings is 2. The van der Waals surface area contributed by atoms with Crippen LogP contribution in [0.4, 0.5) is 0 Å². The van der Waals surface area contributed by atoms with E-state index in [2.05, 4.69) is 0 Å². The Morgan fingerprint density at radius 2 is 1.77 bits per heavy atom. The number of hydrogen-bond donors (Lipinski definition) is 3. The van der Waals surface area contributed by atoms with E-state index in [9.17, 15) is 20.1 Å². The summed E-state index contributed by atoms with van der Waals surface area (Å²) in [4.78, 5) is 12.2. The summed E-state index contributed by atoms with van der Waals surface area (Å²) < 4.78 is 10.5. The highest BCUT2D eigenvalue weighted by Crippen LogP contribution is 2.37. The molecule has 0 radical (unpaired) electrons. The molecule has 1 aromatic heterocycles. The Kier molecular flexibility index (Phi) is 3.14. The molecule has 2 aromatic carbocycles. The average Bonchev–Trinajstić information content (AvgIpc) is 2.52. The van der Waals surface area contributed by atoms with Gasteiger partial charge in [0.1, 0.15) is 11.3 Å². The minimum absolute atomic E-state index is 0.00923. The molecule has 0 unspecified atom stereocenters. The molecule has 0 saturated carbocycles. The predicted octanol–water partition coefficient (Wildman–Crippen LogP) is 2.59. The first-order valence-electron chi connectivity index (χ1n) is 6.38. The van der Waals surface area contributed by atoms with Crippen molar-refractivity contribution in [2.75, 3.05) is 7.11 Å². The van der Waals surface area contributed by atoms with Gasteiger partial charge >= 0.3 is 0 Å². The molecular formula is C16H12O6. The van der Waals surface area contributed by atoms with Gasteiger partial charge in [-0.25, -0.2) is 0 Å². The Morgan fingerprint density at radius 3 is 2.45 bits per heavy atom. The van der Waals surface area contributed by atoms with Crippen molar-refractivity contribution in [3.8, 4) is 34.3 Å². The van der Waals surface area contributed by atoms with Crippen LogP contribution in [-0.4, -0.2) is 22.4 Å². The number of phenols is 2. The van der Waals surface area contributed by atoms with Gasteiger partial charge in [-0.05, 0) is 18.2 Å². The zero-order valence-corrected chi connectivity index (χ0v) is 11.5. The number of methoxy groups -OCH3 is 1. The lowest BCUT2D eigenvalue weighted by Crippen LogP contribution is -2.03. The summed E-state index contributed by atoms with van der Waals surface area (Å²) in [5.41, 5.74) is -0.404. The van der Waals surface area contributed by atoms with Crippen LogP contribution >= 0.6 is 0 Å². The lowest BCUT2D eigenvalue weighted by atomic mass is 10.1. The molecule has 0 saturated heterocycles. The van der Waals surface area contributed by atoms with Gasteiger partial charge in [-0.2, -0.15) is 0 Å². The van der Waals surface area contributed by atoms with Crippen LogP contribution in [0, 0.1) is 0 Å². The van der Waals surface area contributed by atoms with Crippen molar-refractivity contribution in [1.29, 1.82) is 0 Å². The maximum absolute atomic E-state index is 12.2. The van der Waals surface area contributed by atoms with Gasteiger partial charge in [-0.3, -0.25) is 4.79 Å². The van der Waals surface area contributed by atoms with E-state index in [0.717, 1.165) is 6.07 Å². The van der Waals surface area contributed by atoms with Gasteiger partial charge in [0, 0.05) is 6.07 Å². The molecule has 3 aromatic rings. The van der Waals surface area contributed by atoms with Gasteiger partial charge in [0.25, 0.3) is 0 Å². The van der Waals surface area contributed by atoms with Crippen LogP contribution in [-0.2, 0) is 0 Å². The van der Waals surface area contributed by atoms with Crippen LogP contribution in [0.15, 0.2) is 45.6 Å². The molecule has 112 valence electrons. The Balaban J connectivity index is 2.38. The quantitative estimate of drug-likeness (QED) is 0.672. The van der Waals surface area contributed by atoms with Crippen LogP contribution in [0.1, 0.15) is 0 Å². The summed E-state index contributed by atoms with van der Waals surface area (Å²) >= 11 is 0. The summed E-state index contributed by atoms with van der Waals surface area (Å²) in [7, 11) is 1.36. The summed E-state index contributed by atoms with van der Waals surface area (Å²) in [6.45, 7) is 0. The SMILES string of the molecule is COc1cc2oc(-c3ccccc3O)c(O)c(=O)c2cc1O. The fraction of sp³-hybridized carbons (Fsp3) is 0.0625. The zero-order valence-electron chi connectivity index (χ0n) is 11.5. The molecule has 0 bridgehead atoms. The molecule has 6 nitrogen and oxygen atoms in total. The predicted molar refractivity (Wildman–Crippen MR) is 79.5 cm³/mol.